The van der Waals surface area contributed by atoms with Crippen LogP contribution in [0, 0.1) is 0 Å². The number of benzene rings is 1. The molecule has 130 valence electrons. The third-order valence-electron chi connectivity index (χ3n) is 4.27. The van der Waals surface area contributed by atoms with E-state index in [4.69, 9.17) is 0 Å². The van der Waals surface area contributed by atoms with Crippen LogP contribution in [0.4, 0.5) is 5.69 Å². The van der Waals surface area contributed by atoms with E-state index in [2.05, 4.69) is 55.3 Å². The molecule has 1 saturated heterocycles. The van der Waals surface area contributed by atoms with Crippen LogP contribution in [0.3, 0.4) is 0 Å². The van der Waals surface area contributed by atoms with Crippen molar-refractivity contribution in [3.63, 3.8) is 0 Å². The Balaban J connectivity index is 2.02. The van der Waals surface area contributed by atoms with E-state index < -0.39 is 0 Å². The predicted molar refractivity (Wildman–Crippen MR) is 97.1 cm³/mol. The normalized spacial score (nSPS) is 15.7. The smallest absolute Gasteiger partial charge is 0.246 e. The molecule has 24 heavy (non-hydrogen) atoms. The van der Waals surface area contributed by atoms with Crippen molar-refractivity contribution in [2.45, 2.75) is 26.2 Å². The van der Waals surface area contributed by atoms with Crippen molar-refractivity contribution in [2.24, 2.45) is 0 Å². The van der Waals surface area contributed by atoms with Crippen molar-refractivity contribution >= 4 is 17.5 Å². The molecule has 1 heterocycles. The van der Waals surface area contributed by atoms with Gasteiger partial charge >= 0.3 is 0 Å². The summed E-state index contributed by atoms with van der Waals surface area (Å²) in [5, 5.41) is 2.47. The molecular weight excluding hydrogens is 302 g/mol. The minimum Gasteiger partial charge on any atom is -0.368 e. The van der Waals surface area contributed by atoms with E-state index in [9.17, 15) is 9.59 Å². The number of piperazine rings is 1. The first-order chi connectivity index (χ1) is 11.3. The van der Waals surface area contributed by atoms with Gasteiger partial charge in [0.25, 0.3) is 0 Å². The van der Waals surface area contributed by atoms with Crippen LogP contribution < -0.4 is 10.2 Å². The van der Waals surface area contributed by atoms with Crippen LogP contribution in [0.25, 0.3) is 0 Å². The summed E-state index contributed by atoms with van der Waals surface area (Å²) >= 11 is 0. The first-order valence-corrected chi connectivity index (χ1v) is 8.36. The van der Waals surface area contributed by atoms with Gasteiger partial charge in [-0.3, -0.25) is 9.59 Å². The van der Waals surface area contributed by atoms with Crippen molar-refractivity contribution in [1.82, 2.24) is 10.2 Å². The van der Waals surface area contributed by atoms with Gasteiger partial charge in [0.1, 0.15) is 0 Å². The zero-order valence-electron chi connectivity index (χ0n) is 15.0. The maximum atomic E-state index is 12.1. The Morgan fingerprint density at radius 1 is 1.04 bits per heavy atom. The third-order valence-corrected chi connectivity index (χ3v) is 4.27. The summed E-state index contributed by atoms with van der Waals surface area (Å²) in [6, 6.07) is 8.48. The van der Waals surface area contributed by atoms with Gasteiger partial charge in [0.05, 0.1) is 0 Å². The minimum atomic E-state index is -0.263. The molecule has 1 fully saturated rings. The largest absolute Gasteiger partial charge is 0.368 e. The Morgan fingerprint density at radius 2 is 1.67 bits per heavy atom. The van der Waals surface area contributed by atoms with E-state index in [0.717, 1.165) is 13.1 Å². The summed E-state index contributed by atoms with van der Waals surface area (Å²) in [6.07, 6.45) is 2.63. The molecule has 1 aromatic carbocycles. The minimum absolute atomic E-state index is 0.0831. The number of hydrogen-bond donors (Lipinski definition) is 1. The molecule has 0 saturated carbocycles. The molecule has 0 atom stereocenters. The lowest BCUT2D eigenvalue weighted by molar-refractivity contribution is -0.126. The second-order valence-corrected chi connectivity index (χ2v) is 7.03. The Kier molecular flexibility index (Phi) is 5.65. The molecule has 1 N–H and O–H groups in total. The number of carbonyl (C=O) groups is 2. The van der Waals surface area contributed by atoms with Crippen molar-refractivity contribution in [3.8, 4) is 0 Å². The monoisotopic (exact) mass is 329 g/mol. The quantitative estimate of drug-likeness (QED) is 0.862. The highest BCUT2D eigenvalue weighted by Gasteiger charge is 2.24. The molecule has 0 aliphatic carbocycles. The van der Waals surface area contributed by atoms with Gasteiger partial charge in [-0.05, 0) is 17.0 Å². The van der Waals surface area contributed by atoms with Crippen molar-refractivity contribution < 1.29 is 9.59 Å². The van der Waals surface area contributed by atoms with Gasteiger partial charge in [0, 0.05) is 51.1 Å². The highest BCUT2D eigenvalue weighted by Crippen LogP contribution is 2.32. The van der Waals surface area contributed by atoms with Crippen LogP contribution in [0.15, 0.2) is 36.4 Å². The lowest BCUT2D eigenvalue weighted by Crippen LogP contribution is -2.48. The fourth-order valence-corrected chi connectivity index (χ4v) is 2.89. The van der Waals surface area contributed by atoms with Gasteiger partial charge in [-0.15, -0.1) is 0 Å². The summed E-state index contributed by atoms with van der Waals surface area (Å²) in [4.78, 5) is 27.4. The molecule has 2 amide bonds. The predicted octanol–water partition coefficient (Wildman–Crippen LogP) is 1.93. The second-order valence-electron chi connectivity index (χ2n) is 7.03. The Morgan fingerprint density at radius 3 is 2.25 bits per heavy atom. The van der Waals surface area contributed by atoms with Gasteiger partial charge in [0.15, 0.2) is 0 Å². The molecule has 0 spiro atoms. The molecule has 5 nitrogen and oxygen atoms in total. The highest BCUT2D eigenvalue weighted by molar-refractivity contribution is 5.96. The Hall–Kier alpha value is -2.30. The van der Waals surface area contributed by atoms with Crippen LogP contribution in [-0.4, -0.2) is 49.9 Å². The maximum Gasteiger partial charge on any atom is 0.246 e. The van der Waals surface area contributed by atoms with E-state index in [-0.39, 0.29) is 17.2 Å². The molecule has 0 aromatic heterocycles. The highest BCUT2D eigenvalue weighted by atomic mass is 16.2. The van der Waals surface area contributed by atoms with Crippen LogP contribution >= 0.6 is 0 Å². The van der Waals surface area contributed by atoms with Gasteiger partial charge in [0.2, 0.25) is 11.8 Å². The van der Waals surface area contributed by atoms with Crippen LogP contribution in [0.5, 0.6) is 0 Å². The molecule has 0 radical (unpaired) electrons. The third kappa shape index (κ3) is 4.37. The SMILES string of the molecule is CNC(=O)/C=C\C(=O)N1CCN(c2ccccc2C(C)(C)C)CC1. The molecular formula is C19H27N3O2. The summed E-state index contributed by atoms with van der Waals surface area (Å²) in [5.74, 6) is -0.372. The number of carbonyl (C=O) groups excluding carboxylic acids is 2. The van der Waals surface area contributed by atoms with Crippen LogP contribution in [-0.2, 0) is 15.0 Å². The molecule has 1 aliphatic heterocycles. The van der Waals surface area contributed by atoms with E-state index in [1.54, 1.807) is 11.9 Å². The number of amides is 2. The number of anilines is 1. The molecule has 2 rings (SSSR count). The van der Waals surface area contributed by atoms with E-state index in [0.29, 0.717) is 13.1 Å². The lowest BCUT2D eigenvalue weighted by Gasteiger charge is -2.38. The summed E-state index contributed by atoms with van der Waals surface area (Å²) < 4.78 is 0. The van der Waals surface area contributed by atoms with E-state index >= 15 is 0 Å². The summed E-state index contributed by atoms with van der Waals surface area (Å²) in [7, 11) is 1.54. The number of hydrogen-bond acceptors (Lipinski definition) is 3. The standard InChI is InChI=1S/C19H27N3O2/c1-19(2,3)15-7-5-6-8-16(15)21-11-13-22(14-12-21)18(24)10-9-17(23)20-4/h5-10H,11-14H2,1-4H3,(H,20,23)/b10-9-. The average molecular weight is 329 g/mol. The van der Waals surface area contributed by atoms with E-state index in [1.807, 2.05) is 0 Å². The first kappa shape index (κ1) is 18.0. The second kappa shape index (κ2) is 7.51. The first-order valence-electron chi connectivity index (χ1n) is 8.36. The van der Waals surface area contributed by atoms with Gasteiger partial charge in [-0.2, -0.15) is 0 Å². The summed E-state index contributed by atoms with van der Waals surface area (Å²) in [6.45, 7) is 9.57. The lowest BCUT2D eigenvalue weighted by atomic mass is 9.85. The number of nitrogens with one attached hydrogen (secondary N) is 1. The van der Waals surface area contributed by atoms with Crippen molar-refractivity contribution in [3.05, 3.63) is 42.0 Å². The topological polar surface area (TPSA) is 52.7 Å². The van der Waals surface area contributed by atoms with Gasteiger partial charge < -0.3 is 15.1 Å². The molecule has 0 bridgehead atoms. The van der Waals surface area contributed by atoms with Crippen LogP contribution in [0.1, 0.15) is 26.3 Å². The number of para-hydroxylation sites is 1. The zero-order chi connectivity index (χ0) is 17.7. The van der Waals surface area contributed by atoms with Gasteiger partial charge in [-0.25, -0.2) is 0 Å². The Bertz CT molecular complexity index is 624. The summed E-state index contributed by atoms with van der Waals surface area (Å²) in [5.41, 5.74) is 2.65. The average Bonchev–Trinajstić information content (AvgIpc) is 2.58. The van der Waals surface area contributed by atoms with Gasteiger partial charge in [-0.1, -0.05) is 39.0 Å². The van der Waals surface area contributed by atoms with Crippen molar-refractivity contribution in [2.75, 3.05) is 38.1 Å². The van der Waals surface area contributed by atoms with Crippen LogP contribution in [0.2, 0.25) is 0 Å². The zero-order valence-corrected chi connectivity index (χ0v) is 15.0. The Labute approximate surface area is 144 Å². The fourth-order valence-electron chi connectivity index (χ4n) is 2.89. The number of likely N-dealkylation sites (N-methyl/N-ethyl adjacent to an activating group) is 1. The fraction of sp³-hybridized carbons (Fsp3) is 0.474. The molecule has 0 unspecified atom stereocenters. The number of nitrogens with zero attached hydrogens (tertiary/aromatic N) is 2. The molecule has 1 aliphatic rings. The van der Waals surface area contributed by atoms with Crippen molar-refractivity contribution in [1.29, 1.82) is 0 Å². The molecule has 1 aromatic rings. The molecule has 5 heteroatoms. The number of rotatable bonds is 3. The maximum absolute atomic E-state index is 12.1. The van der Waals surface area contributed by atoms with E-state index in [1.165, 1.54) is 23.4 Å².